The molecule has 0 saturated heterocycles. The van der Waals surface area contributed by atoms with Crippen LogP contribution >= 0.6 is 0 Å². The van der Waals surface area contributed by atoms with Crippen LogP contribution in [-0.4, -0.2) is 44.8 Å². The lowest BCUT2D eigenvalue weighted by Crippen LogP contribution is -3.18. The molecular weight excluding hydrogens is 434 g/mol. The van der Waals surface area contributed by atoms with Crippen LogP contribution < -0.4 is 9.64 Å². The van der Waals surface area contributed by atoms with E-state index in [-0.39, 0.29) is 18.2 Å². The second-order valence-electron chi connectivity index (χ2n) is 8.96. The summed E-state index contributed by atoms with van der Waals surface area (Å²) in [5.41, 5.74) is 2.61. The van der Waals surface area contributed by atoms with Gasteiger partial charge in [-0.1, -0.05) is 39.7 Å². The lowest BCUT2D eigenvalue weighted by Gasteiger charge is -2.52. The summed E-state index contributed by atoms with van der Waals surface area (Å²) in [6, 6.07) is 6.32. The molecule has 34 heavy (non-hydrogen) atoms. The lowest BCUT2D eigenvalue weighted by molar-refractivity contribution is -0.953. The number of hydrogen-bond donors (Lipinski definition) is 1. The minimum Gasteiger partial charge on any atom is -0.434 e. The number of rotatable bonds is 7. The smallest absolute Gasteiger partial charge is 0.434 e. The highest BCUT2D eigenvalue weighted by Gasteiger charge is 2.52. The zero-order valence-corrected chi connectivity index (χ0v) is 22.1. The Hall–Kier alpha value is -2.28. The van der Waals surface area contributed by atoms with E-state index in [4.69, 9.17) is 18.9 Å². The summed E-state index contributed by atoms with van der Waals surface area (Å²) < 4.78 is 20.9. The summed E-state index contributed by atoms with van der Waals surface area (Å²) in [6.07, 6.45) is 4.98. The van der Waals surface area contributed by atoms with E-state index in [2.05, 4.69) is 26.1 Å². The molecular formula is C27H44NO6+. The van der Waals surface area contributed by atoms with Gasteiger partial charge in [0.05, 0.1) is 26.3 Å². The van der Waals surface area contributed by atoms with Crippen LogP contribution in [0.25, 0.3) is 0 Å². The molecule has 192 valence electrons. The third kappa shape index (κ3) is 6.04. The summed E-state index contributed by atoms with van der Waals surface area (Å²) >= 11 is 0. The minimum atomic E-state index is -0.666. The van der Waals surface area contributed by atoms with Crippen molar-refractivity contribution in [1.29, 1.82) is 0 Å². The molecule has 0 aliphatic heterocycles. The van der Waals surface area contributed by atoms with Gasteiger partial charge in [0.2, 0.25) is 6.23 Å². The molecule has 1 aromatic rings. The number of carbonyl (C=O) groups is 2. The summed E-state index contributed by atoms with van der Waals surface area (Å²) in [6.45, 7) is 12.3. The monoisotopic (exact) mass is 478 g/mol. The Morgan fingerprint density at radius 2 is 1.76 bits per heavy atom. The molecule has 1 fully saturated rings. The van der Waals surface area contributed by atoms with Crippen molar-refractivity contribution in [1.82, 2.24) is 0 Å². The Bertz CT molecular complexity index is 812. The molecule has 1 N–H and O–H groups in total. The van der Waals surface area contributed by atoms with E-state index in [1.165, 1.54) is 28.9 Å². The first-order valence-electron chi connectivity index (χ1n) is 13.0. The molecule has 2 aliphatic rings. The number of fused-ring (bicyclic) bond motifs is 3. The maximum Gasteiger partial charge on any atom is 0.513 e. The summed E-state index contributed by atoms with van der Waals surface area (Å²) in [5, 5.41) is 0. The van der Waals surface area contributed by atoms with Crippen LogP contribution in [0.5, 0.6) is 5.75 Å². The molecule has 4 unspecified atom stereocenters. The van der Waals surface area contributed by atoms with Gasteiger partial charge in [0.25, 0.3) is 0 Å². The van der Waals surface area contributed by atoms with E-state index in [0.717, 1.165) is 25.7 Å². The first-order valence-corrected chi connectivity index (χ1v) is 13.0. The maximum absolute atomic E-state index is 11.9. The highest BCUT2D eigenvalue weighted by Crippen LogP contribution is 2.52. The van der Waals surface area contributed by atoms with Crippen molar-refractivity contribution in [2.75, 3.05) is 20.3 Å². The highest BCUT2D eigenvalue weighted by molar-refractivity contribution is 5.64. The van der Waals surface area contributed by atoms with Gasteiger partial charge in [-0.15, -0.1) is 0 Å². The third-order valence-corrected chi connectivity index (χ3v) is 7.50. The predicted molar refractivity (Wildman–Crippen MR) is 131 cm³/mol. The SMILES string of the molecule is CC.CCOC(=O)Oc1ccc2c(c1)[C@@]1(CC)CCCCC1C([NH+](C)C(C)OC(=O)OCC)C2. The zero-order chi connectivity index (χ0) is 25.3. The van der Waals surface area contributed by atoms with Crippen LogP contribution in [0.15, 0.2) is 18.2 Å². The van der Waals surface area contributed by atoms with Crippen LogP contribution in [0.4, 0.5) is 9.59 Å². The fourth-order valence-corrected chi connectivity index (χ4v) is 5.87. The van der Waals surface area contributed by atoms with E-state index in [1.54, 1.807) is 13.8 Å². The maximum atomic E-state index is 11.9. The van der Waals surface area contributed by atoms with Crippen molar-refractivity contribution in [2.24, 2.45) is 5.92 Å². The summed E-state index contributed by atoms with van der Waals surface area (Å²) in [5.74, 6) is 0.998. The van der Waals surface area contributed by atoms with Crippen molar-refractivity contribution < 1.29 is 33.4 Å². The molecule has 0 aromatic heterocycles. The average Bonchev–Trinajstić information content (AvgIpc) is 2.84. The quantitative estimate of drug-likeness (QED) is 0.336. The third-order valence-electron chi connectivity index (χ3n) is 7.50. The molecule has 1 aromatic carbocycles. The summed E-state index contributed by atoms with van der Waals surface area (Å²) in [4.78, 5) is 25.0. The van der Waals surface area contributed by atoms with Gasteiger partial charge in [0.15, 0.2) is 0 Å². The molecule has 1 saturated carbocycles. The van der Waals surface area contributed by atoms with E-state index in [9.17, 15) is 9.59 Å². The standard InChI is InChI=1S/C25H37NO6.C2H6/c1-6-25-14-10-9-11-20(25)22(26(5)17(4)31-23(27)29-7-2)15-18-12-13-19(16-21(18)25)32-24(28)30-8-3;1-2/h12-13,16-17,20,22H,6-11,14-15H2,1-5H3;1-2H3/p+1/t17?,20?,22?,25-;/m0./s1. The van der Waals surface area contributed by atoms with Gasteiger partial charge in [-0.3, -0.25) is 4.90 Å². The Labute approximate surface area is 205 Å². The van der Waals surface area contributed by atoms with E-state index >= 15 is 0 Å². The van der Waals surface area contributed by atoms with Crippen molar-refractivity contribution in [3.05, 3.63) is 29.3 Å². The number of carbonyl (C=O) groups excluding carboxylic acids is 2. The molecule has 2 aliphatic carbocycles. The molecule has 0 heterocycles. The number of benzene rings is 1. The van der Waals surface area contributed by atoms with Gasteiger partial charge in [-0.25, -0.2) is 9.59 Å². The van der Waals surface area contributed by atoms with Gasteiger partial charge >= 0.3 is 12.3 Å². The second-order valence-corrected chi connectivity index (χ2v) is 8.96. The molecule has 7 nitrogen and oxygen atoms in total. The molecule has 7 heteroatoms. The van der Waals surface area contributed by atoms with Crippen molar-refractivity contribution in [3.63, 3.8) is 0 Å². The van der Waals surface area contributed by atoms with Gasteiger partial charge in [0.1, 0.15) is 5.75 Å². The van der Waals surface area contributed by atoms with E-state index in [1.807, 2.05) is 26.8 Å². The second kappa shape index (κ2) is 13.0. The van der Waals surface area contributed by atoms with Crippen LogP contribution in [0.3, 0.4) is 0 Å². The zero-order valence-electron chi connectivity index (χ0n) is 22.1. The Morgan fingerprint density at radius 1 is 1.09 bits per heavy atom. The molecule has 5 atom stereocenters. The van der Waals surface area contributed by atoms with E-state index in [0.29, 0.717) is 24.3 Å². The van der Waals surface area contributed by atoms with Crippen molar-refractivity contribution >= 4 is 12.3 Å². The Kier molecular flexibility index (Phi) is 10.7. The predicted octanol–water partition coefficient (Wildman–Crippen LogP) is 5.04. The fraction of sp³-hybridized carbons (Fsp3) is 0.704. The number of hydrogen-bond acceptors (Lipinski definition) is 6. The van der Waals surface area contributed by atoms with Crippen LogP contribution in [-0.2, 0) is 26.0 Å². The van der Waals surface area contributed by atoms with Gasteiger partial charge in [-0.2, -0.15) is 0 Å². The molecule has 0 bridgehead atoms. The largest absolute Gasteiger partial charge is 0.513 e. The fourth-order valence-electron chi connectivity index (χ4n) is 5.87. The first kappa shape index (κ1) is 28.0. The molecule has 0 spiro atoms. The number of ether oxygens (including phenoxy) is 4. The van der Waals surface area contributed by atoms with Crippen LogP contribution in [0.1, 0.15) is 84.8 Å². The van der Waals surface area contributed by atoms with Gasteiger partial charge in [-0.05, 0) is 56.4 Å². The average molecular weight is 479 g/mol. The van der Waals surface area contributed by atoms with Gasteiger partial charge < -0.3 is 18.9 Å². The normalized spacial score (nSPS) is 24.8. The number of nitrogens with one attached hydrogen (secondary N) is 1. The van der Waals surface area contributed by atoms with Crippen molar-refractivity contribution in [2.45, 2.75) is 97.8 Å². The molecule has 0 radical (unpaired) electrons. The van der Waals surface area contributed by atoms with Crippen LogP contribution in [0, 0.1) is 5.92 Å². The Balaban J connectivity index is 0.00000199. The lowest BCUT2D eigenvalue weighted by atomic mass is 9.54. The highest BCUT2D eigenvalue weighted by atomic mass is 16.7. The van der Waals surface area contributed by atoms with Crippen molar-refractivity contribution in [3.8, 4) is 5.75 Å². The first-order chi connectivity index (χ1) is 16.4. The Morgan fingerprint density at radius 3 is 2.41 bits per heavy atom. The summed E-state index contributed by atoms with van der Waals surface area (Å²) in [7, 11) is 2.12. The van der Waals surface area contributed by atoms with E-state index < -0.39 is 12.3 Å². The molecule has 3 rings (SSSR count). The number of quaternary nitrogens is 1. The topological polar surface area (TPSA) is 75.5 Å². The van der Waals surface area contributed by atoms with Crippen LogP contribution in [0.2, 0.25) is 0 Å². The minimum absolute atomic E-state index is 0.0233. The van der Waals surface area contributed by atoms with Gasteiger partial charge in [0, 0.05) is 24.7 Å². The molecule has 0 amide bonds. The number of likely N-dealkylation sites (N-methyl/N-ethyl adjacent to an activating group) is 1.